The van der Waals surface area contributed by atoms with E-state index in [4.69, 9.17) is 5.11 Å². The molecule has 0 heterocycles. The molecule has 1 aliphatic carbocycles. The van der Waals surface area contributed by atoms with E-state index < -0.39 is 18.2 Å². The zero-order valence-electron chi connectivity index (χ0n) is 8.93. The number of alkyl halides is 2. The normalized spacial score (nSPS) is 22.7. The van der Waals surface area contributed by atoms with E-state index in [1.165, 1.54) is 0 Å². The summed E-state index contributed by atoms with van der Waals surface area (Å²) < 4.78 is 29.7. The van der Waals surface area contributed by atoms with Gasteiger partial charge >= 0.3 is 12.1 Å². The molecule has 3 nitrogen and oxygen atoms in total. The molecule has 1 aliphatic rings. The minimum atomic E-state index is -4.05. The lowest BCUT2D eigenvalue weighted by molar-refractivity contribution is -0.267. The van der Waals surface area contributed by atoms with Crippen LogP contribution in [0.2, 0.25) is 0 Å². The second kappa shape index (κ2) is 4.04. The first-order valence-electron chi connectivity index (χ1n) is 5.02. The zero-order valence-corrected chi connectivity index (χ0v) is 8.93. The van der Waals surface area contributed by atoms with Crippen LogP contribution in [-0.4, -0.2) is 23.3 Å². The third-order valence-corrected chi connectivity index (χ3v) is 2.85. The van der Waals surface area contributed by atoms with Crippen molar-refractivity contribution in [2.45, 2.75) is 51.7 Å². The number of hydrogen-bond acceptors (Lipinski definition) is 2. The monoisotopic (exact) mass is 222 g/mol. The molecule has 0 aromatic rings. The molecule has 88 valence electrons. The molecule has 1 saturated carbocycles. The van der Waals surface area contributed by atoms with Gasteiger partial charge < -0.3 is 9.84 Å². The zero-order chi connectivity index (χ0) is 11.7. The maximum atomic E-state index is 12.7. The van der Waals surface area contributed by atoms with Gasteiger partial charge in [0.1, 0.15) is 0 Å². The Bertz CT molecular complexity index is 241. The van der Waals surface area contributed by atoms with E-state index in [0.29, 0.717) is 12.8 Å². The van der Waals surface area contributed by atoms with Crippen molar-refractivity contribution in [3.05, 3.63) is 0 Å². The van der Waals surface area contributed by atoms with Crippen molar-refractivity contribution >= 4 is 5.97 Å². The summed E-state index contributed by atoms with van der Waals surface area (Å²) in [5, 5.41) is 8.20. The van der Waals surface area contributed by atoms with Crippen LogP contribution in [-0.2, 0) is 9.53 Å². The Labute approximate surface area is 87.4 Å². The summed E-state index contributed by atoms with van der Waals surface area (Å²) in [6.45, 7) is 4.14. The summed E-state index contributed by atoms with van der Waals surface area (Å²) in [7, 11) is 0. The number of ether oxygens (including phenoxy) is 1. The van der Waals surface area contributed by atoms with Crippen molar-refractivity contribution in [2.75, 3.05) is 0 Å². The number of aliphatic carboxylic acids is 1. The molecule has 1 rings (SSSR count). The molecule has 0 unspecified atom stereocenters. The van der Waals surface area contributed by atoms with E-state index >= 15 is 0 Å². The van der Waals surface area contributed by atoms with Gasteiger partial charge in [0.05, 0.1) is 6.10 Å². The molecule has 0 saturated heterocycles. The smallest absolute Gasteiger partial charge is 0.456 e. The fraction of sp³-hybridized carbons (Fsp3) is 0.900. The van der Waals surface area contributed by atoms with Gasteiger partial charge in [-0.1, -0.05) is 13.8 Å². The van der Waals surface area contributed by atoms with Crippen molar-refractivity contribution in [3.8, 4) is 0 Å². The van der Waals surface area contributed by atoms with Gasteiger partial charge in [-0.05, 0) is 31.1 Å². The predicted molar refractivity (Wildman–Crippen MR) is 49.7 cm³/mol. The first-order chi connectivity index (χ1) is 6.73. The van der Waals surface area contributed by atoms with Crippen LogP contribution in [0.1, 0.15) is 39.5 Å². The van der Waals surface area contributed by atoms with Gasteiger partial charge in [-0.15, -0.1) is 0 Å². The van der Waals surface area contributed by atoms with Crippen molar-refractivity contribution in [1.29, 1.82) is 0 Å². The average Bonchev–Trinajstić information content (AvgIpc) is 2.08. The van der Waals surface area contributed by atoms with Crippen LogP contribution in [0.4, 0.5) is 8.78 Å². The van der Waals surface area contributed by atoms with Gasteiger partial charge in [-0.25, -0.2) is 4.79 Å². The Morgan fingerprint density at radius 3 is 2.27 bits per heavy atom. The number of carbonyl (C=O) groups is 1. The molecular weight excluding hydrogens is 206 g/mol. The fourth-order valence-electron chi connectivity index (χ4n) is 1.75. The van der Waals surface area contributed by atoms with Crippen LogP contribution in [0.25, 0.3) is 0 Å². The summed E-state index contributed by atoms with van der Waals surface area (Å²) in [5.74, 6) is -2.22. The molecule has 0 aromatic carbocycles. The topological polar surface area (TPSA) is 46.5 Å². The van der Waals surface area contributed by atoms with Gasteiger partial charge in [-0.3, -0.25) is 0 Å². The van der Waals surface area contributed by atoms with E-state index in [1.54, 1.807) is 0 Å². The van der Waals surface area contributed by atoms with E-state index in [2.05, 4.69) is 18.6 Å². The molecule has 0 spiro atoms. The third kappa shape index (κ3) is 3.41. The Balaban J connectivity index is 2.46. The summed E-state index contributed by atoms with van der Waals surface area (Å²) in [5.41, 5.74) is 0.151. The van der Waals surface area contributed by atoms with Gasteiger partial charge in [0, 0.05) is 0 Å². The highest BCUT2D eigenvalue weighted by Gasteiger charge is 2.44. The largest absolute Gasteiger partial charge is 0.475 e. The van der Waals surface area contributed by atoms with Gasteiger partial charge in [-0.2, -0.15) is 8.78 Å². The highest BCUT2D eigenvalue weighted by atomic mass is 19.3. The molecule has 0 atom stereocenters. The number of halogens is 2. The highest BCUT2D eigenvalue weighted by Crippen LogP contribution is 2.37. The molecule has 0 bridgehead atoms. The Morgan fingerprint density at radius 1 is 1.40 bits per heavy atom. The van der Waals surface area contributed by atoms with Crippen molar-refractivity contribution < 1.29 is 23.4 Å². The second-order valence-corrected chi connectivity index (χ2v) is 4.80. The number of carboxylic acid groups (broad SMARTS) is 1. The van der Waals surface area contributed by atoms with Crippen LogP contribution in [0.5, 0.6) is 0 Å². The van der Waals surface area contributed by atoms with Crippen molar-refractivity contribution in [1.82, 2.24) is 0 Å². The lowest BCUT2D eigenvalue weighted by Gasteiger charge is -2.34. The lowest BCUT2D eigenvalue weighted by Crippen LogP contribution is -2.38. The van der Waals surface area contributed by atoms with Crippen LogP contribution in [0, 0.1) is 5.41 Å². The van der Waals surface area contributed by atoms with Crippen molar-refractivity contribution in [3.63, 3.8) is 0 Å². The van der Waals surface area contributed by atoms with E-state index in [1.807, 2.05) is 0 Å². The average molecular weight is 222 g/mol. The first-order valence-corrected chi connectivity index (χ1v) is 5.02. The third-order valence-electron chi connectivity index (χ3n) is 2.85. The Hall–Kier alpha value is -0.710. The quantitative estimate of drug-likeness (QED) is 0.798. The maximum absolute atomic E-state index is 12.7. The predicted octanol–water partition coefficient (Wildman–Crippen LogP) is 2.65. The van der Waals surface area contributed by atoms with E-state index in [-0.39, 0.29) is 5.41 Å². The summed E-state index contributed by atoms with van der Waals surface area (Å²) >= 11 is 0. The number of hydrogen-bond donors (Lipinski definition) is 1. The minimum Gasteiger partial charge on any atom is -0.475 e. The first kappa shape index (κ1) is 12.4. The molecular formula is C10H16F2O3. The molecule has 5 heteroatoms. The molecule has 0 aromatic heterocycles. The SMILES string of the molecule is CC1(C)CCC(OC(F)(F)C(=O)O)CC1. The second-order valence-electron chi connectivity index (χ2n) is 4.80. The van der Waals surface area contributed by atoms with E-state index in [9.17, 15) is 13.6 Å². The molecule has 0 amide bonds. The summed E-state index contributed by atoms with van der Waals surface area (Å²) in [4.78, 5) is 10.1. The summed E-state index contributed by atoms with van der Waals surface area (Å²) in [6, 6.07) is 0. The molecule has 0 aliphatic heterocycles. The maximum Gasteiger partial charge on any atom is 0.456 e. The minimum absolute atomic E-state index is 0.151. The standard InChI is InChI=1S/C10H16F2O3/c1-9(2)5-3-7(4-6-9)15-10(11,12)8(13)14/h7H,3-6H2,1-2H3,(H,13,14). The number of carboxylic acids is 1. The number of rotatable bonds is 3. The van der Waals surface area contributed by atoms with Gasteiger partial charge in [0.15, 0.2) is 0 Å². The fourth-order valence-corrected chi connectivity index (χ4v) is 1.75. The molecule has 0 radical (unpaired) electrons. The van der Waals surface area contributed by atoms with Crippen LogP contribution >= 0.6 is 0 Å². The Morgan fingerprint density at radius 2 is 1.87 bits per heavy atom. The highest BCUT2D eigenvalue weighted by molar-refractivity contribution is 5.73. The van der Waals surface area contributed by atoms with Crippen molar-refractivity contribution in [2.24, 2.45) is 5.41 Å². The lowest BCUT2D eigenvalue weighted by atomic mass is 9.76. The summed E-state index contributed by atoms with van der Waals surface area (Å²) in [6.07, 6.45) is -2.12. The molecule has 1 fully saturated rings. The molecule has 15 heavy (non-hydrogen) atoms. The van der Waals surface area contributed by atoms with Crippen LogP contribution < -0.4 is 0 Å². The van der Waals surface area contributed by atoms with Gasteiger partial charge in [0.25, 0.3) is 0 Å². The molecule has 1 N–H and O–H groups in total. The van der Waals surface area contributed by atoms with Gasteiger partial charge in [0.2, 0.25) is 0 Å². The van der Waals surface area contributed by atoms with E-state index in [0.717, 1.165) is 12.8 Å². The Kier molecular flexibility index (Phi) is 3.33. The van der Waals surface area contributed by atoms with Crippen LogP contribution in [0.15, 0.2) is 0 Å². The van der Waals surface area contributed by atoms with Crippen LogP contribution in [0.3, 0.4) is 0 Å².